The second-order valence-corrected chi connectivity index (χ2v) is 5.92. The van der Waals surface area contributed by atoms with Crippen molar-refractivity contribution < 1.29 is 8.81 Å². The Hall–Kier alpha value is -1.52. The van der Waals surface area contributed by atoms with Crippen molar-refractivity contribution in [1.29, 1.82) is 0 Å². The number of aliphatic imine (C=N–C) groups is 1. The summed E-state index contributed by atoms with van der Waals surface area (Å²) in [5, 5.41) is 6.52. The number of nitrogens with zero attached hydrogens (tertiary/aromatic N) is 1. The van der Waals surface area contributed by atoms with Crippen LogP contribution in [-0.4, -0.2) is 32.3 Å². The van der Waals surface area contributed by atoms with E-state index in [1.54, 1.807) is 6.26 Å². The van der Waals surface area contributed by atoms with Gasteiger partial charge >= 0.3 is 0 Å². The molecule has 0 bridgehead atoms. The van der Waals surface area contributed by atoms with E-state index in [4.69, 9.17) is 4.42 Å². The van der Waals surface area contributed by atoms with E-state index in [0.717, 1.165) is 31.2 Å². The molecule has 1 aliphatic rings. The van der Waals surface area contributed by atoms with Gasteiger partial charge in [-0.05, 0) is 37.3 Å². The molecule has 1 saturated carbocycles. The molecule has 0 unspecified atom stereocenters. The summed E-state index contributed by atoms with van der Waals surface area (Å²) in [4.78, 5) is 4.68. The summed E-state index contributed by atoms with van der Waals surface area (Å²) in [5.74, 6) is 2.46. The van der Waals surface area contributed by atoms with Crippen LogP contribution < -0.4 is 10.6 Å². The number of alkyl halides is 1. The van der Waals surface area contributed by atoms with Crippen molar-refractivity contribution in [3.8, 4) is 0 Å². The van der Waals surface area contributed by atoms with E-state index in [9.17, 15) is 4.39 Å². The number of halogens is 1. The minimum atomic E-state index is -0.296. The third kappa shape index (κ3) is 6.50. The van der Waals surface area contributed by atoms with Crippen LogP contribution in [0.15, 0.2) is 27.8 Å². The van der Waals surface area contributed by atoms with E-state index in [-0.39, 0.29) is 6.67 Å². The highest BCUT2D eigenvalue weighted by Crippen LogP contribution is 2.23. The summed E-state index contributed by atoms with van der Waals surface area (Å²) in [6.45, 7) is 1.95. The van der Waals surface area contributed by atoms with Crippen molar-refractivity contribution in [3.05, 3.63) is 24.2 Å². The zero-order valence-corrected chi connectivity index (χ0v) is 13.3. The zero-order chi connectivity index (χ0) is 15.5. The lowest BCUT2D eigenvalue weighted by atomic mass is 9.89. The lowest BCUT2D eigenvalue weighted by Gasteiger charge is -2.20. The van der Waals surface area contributed by atoms with Crippen LogP contribution in [0.2, 0.25) is 0 Å². The van der Waals surface area contributed by atoms with Gasteiger partial charge in [-0.2, -0.15) is 0 Å². The Bertz CT molecular complexity index is 414. The molecule has 1 fully saturated rings. The van der Waals surface area contributed by atoms with Gasteiger partial charge in [0.2, 0.25) is 0 Å². The molecule has 1 aliphatic carbocycles. The Kier molecular flexibility index (Phi) is 7.85. The molecule has 5 heteroatoms. The maximum Gasteiger partial charge on any atom is 0.191 e. The van der Waals surface area contributed by atoms with Crippen molar-refractivity contribution in [1.82, 2.24) is 10.6 Å². The van der Waals surface area contributed by atoms with Gasteiger partial charge in [0.05, 0.1) is 12.9 Å². The molecule has 2 rings (SSSR count). The van der Waals surface area contributed by atoms with Gasteiger partial charge in [0.25, 0.3) is 0 Å². The van der Waals surface area contributed by atoms with Gasteiger partial charge in [-0.3, -0.25) is 9.38 Å². The summed E-state index contributed by atoms with van der Waals surface area (Å²) in [6.07, 6.45) is 9.62. The highest BCUT2D eigenvalue weighted by atomic mass is 19.1. The SMILES string of the molecule is FCCCNC(=NCC1CCCCC1)NCCc1ccco1. The highest BCUT2D eigenvalue weighted by Gasteiger charge is 2.13. The molecule has 0 aromatic carbocycles. The summed E-state index contributed by atoms with van der Waals surface area (Å²) in [5.41, 5.74) is 0. The molecule has 4 nitrogen and oxygen atoms in total. The zero-order valence-electron chi connectivity index (χ0n) is 13.3. The van der Waals surface area contributed by atoms with E-state index in [2.05, 4.69) is 15.6 Å². The molecule has 124 valence electrons. The molecule has 1 aromatic heterocycles. The Balaban J connectivity index is 1.75. The van der Waals surface area contributed by atoms with Crippen LogP contribution in [-0.2, 0) is 6.42 Å². The molecular formula is C17H28FN3O. The quantitative estimate of drug-likeness (QED) is 0.440. The number of hydrogen-bond donors (Lipinski definition) is 2. The highest BCUT2D eigenvalue weighted by molar-refractivity contribution is 5.79. The van der Waals surface area contributed by atoms with E-state index in [0.29, 0.717) is 18.9 Å². The standard InChI is InChI=1S/C17H28FN3O/c18-10-5-11-19-17(20-12-9-16-8-4-13-22-16)21-14-15-6-2-1-3-7-15/h4,8,13,15H,1-3,5-7,9-12,14H2,(H2,19,20,21). The number of furan rings is 1. The average Bonchev–Trinajstić information content (AvgIpc) is 3.06. The van der Waals surface area contributed by atoms with Crippen LogP contribution in [0.1, 0.15) is 44.3 Å². The van der Waals surface area contributed by atoms with Crippen molar-refractivity contribution in [2.24, 2.45) is 10.9 Å². The first-order valence-corrected chi connectivity index (χ1v) is 8.49. The Morgan fingerprint density at radius 3 is 2.77 bits per heavy atom. The first-order chi connectivity index (χ1) is 10.9. The lowest BCUT2D eigenvalue weighted by molar-refractivity contribution is 0.366. The fraction of sp³-hybridized carbons (Fsp3) is 0.706. The normalized spacial score (nSPS) is 16.7. The van der Waals surface area contributed by atoms with Crippen LogP contribution in [0.4, 0.5) is 4.39 Å². The Labute approximate surface area is 132 Å². The molecule has 0 atom stereocenters. The van der Waals surface area contributed by atoms with E-state index in [1.807, 2.05) is 12.1 Å². The van der Waals surface area contributed by atoms with Gasteiger partial charge in [0, 0.05) is 26.1 Å². The molecule has 1 heterocycles. The van der Waals surface area contributed by atoms with Gasteiger partial charge in [-0.25, -0.2) is 0 Å². The van der Waals surface area contributed by atoms with Gasteiger partial charge in [-0.1, -0.05) is 19.3 Å². The van der Waals surface area contributed by atoms with Gasteiger partial charge in [0.15, 0.2) is 5.96 Å². The minimum absolute atomic E-state index is 0.296. The molecule has 2 N–H and O–H groups in total. The Morgan fingerprint density at radius 2 is 2.05 bits per heavy atom. The first-order valence-electron chi connectivity index (χ1n) is 8.49. The number of rotatable bonds is 8. The lowest BCUT2D eigenvalue weighted by Crippen LogP contribution is -2.39. The van der Waals surface area contributed by atoms with E-state index >= 15 is 0 Å². The van der Waals surface area contributed by atoms with Crippen molar-refractivity contribution in [2.75, 3.05) is 26.3 Å². The summed E-state index contributed by atoms with van der Waals surface area (Å²) < 4.78 is 17.6. The second-order valence-electron chi connectivity index (χ2n) is 5.92. The van der Waals surface area contributed by atoms with Gasteiger partial charge < -0.3 is 15.1 Å². The topological polar surface area (TPSA) is 49.6 Å². The average molecular weight is 309 g/mol. The fourth-order valence-corrected chi connectivity index (χ4v) is 2.80. The molecule has 1 aromatic rings. The molecule has 0 amide bonds. The molecule has 0 radical (unpaired) electrons. The largest absolute Gasteiger partial charge is 0.469 e. The predicted octanol–water partition coefficient (Wildman–Crippen LogP) is 3.30. The summed E-state index contributed by atoms with van der Waals surface area (Å²) in [7, 11) is 0. The third-order valence-corrected chi connectivity index (χ3v) is 4.08. The minimum Gasteiger partial charge on any atom is -0.469 e. The molecular weight excluding hydrogens is 281 g/mol. The fourth-order valence-electron chi connectivity index (χ4n) is 2.80. The maximum atomic E-state index is 12.2. The number of nitrogens with one attached hydrogen (secondary N) is 2. The predicted molar refractivity (Wildman–Crippen MR) is 87.9 cm³/mol. The molecule has 0 spiro atoms. The van der Waals surface area contributed by atoms with Crippen LogP contribution in [0.5, 0.6) is 0 Å². The van der Waals surface area contributed by atoms with Crippen LogP contribution in [0.3, 0.4) is 0 Å². The van der Waals surface area contributed by atoms with E-state index in [1.165, 1.54) is 32.1 Å². The number of guanidine groups is 1. The second kappa shape index (κ2) is 10.2. The molecule has 0 aliphatic heterocycles. The maximum absolute atomic E-state index is 12.2. The Morgan fingerprint density at radius 1 is 1.23 bits per heavy atom. The smallest absolute Gasteiger partial charge is 0.191 e. The van der Waals surface area contributed by atoms with E-state index < -0.39 is 0 Å². The molecule has 0 saturated heterocycles. The summed E-state index contributed by atoms with van der Waals surface area (Å²) in [6, 6.07) is 3.87. The van der Waals surface area contributed by atoms with Gasteiger partial charge in [-0.15, -0.1) is 0 Å². The van der Waals surface area contributed by atoms with Crippen molar-refractivity contribution in [3.63, 3.8) is 0 Å². The third-order valence-electron chi connectivity index (χ3n) is 4.08. The van der Waals surface area contributed by atoms with Crippen LogP contribution in [0.25, 0.3) is 0 Å². The summed E-state index contributed by atoms with van der Waals surface area (Å²) >= 11 is 0. The van der Waals surface area contributed by atoms with Crippen LogP contribution >= 0.6 is 0 Å². The van der Waals surface area contributed by atoms with Crippen molar-refractivity contribution >= 4 is 5.96 Å². The number of hydrogen-bond acceptors (Lipinski definition) is 2. The monoisotopic (exact) mass is 309 g/mol. The molecule has 22 heavy (non-hydrogen) atoms. The van der Waals surface area contributed by atoms with Crippen LogP contribution in [0, 0.1) is 5.92 Å². The van der Waals surface area contributed by atoms with Crippen molar-refractivity contribution in [2.45, 2.75) is 44.9 Å². The van der Waals surface area contributed by atoms with Gasteiger partial charge in [0.1, 0.15) is 5.76 Å². The first kappa shape index (κ1) is 16.8.